The third-order valence-corrected chi connectivity index (χ3v) is 3.70. The minimum Gasteiger partial charge on any atom is -0.465 e. The largest absolute Gasteiger partial charge is 0.465 e. The molecule has 1 aromatic heterocycles. The molecule has 2 rings (SSSR count). The maximum Gasteiger partial charge on any atom is 0.244 e. The van der Waals surface area contributed by atoms with Crippen LogP contribution in [0, 0.1) is 12.3 Å². The molecule has 7 nitrogen and oxygen atoms in total. The summed E-state index contributed by atoms with van der Waals surface area (Å²) in [5.74, 6) is 2.11. The molecule has 7 heteroatoms. The number of anilines is 1. The molecule has 3 amide bonds. The number of amides is 3. The first-order valence-corrected chi connectivity index (χ1v) is 8.58. The van der Waals surface area contributed by atoms with Crippen LogP contribution in [0.3, 0.4) is 0 Å². The Labute approximate surface area is 163 Å². The van der Waals surface area contributed by atoms with Crippen LogP contribution in [0.1, 0.15) is 17.7 Å². The van der Waals surface area contributed by atoms with E-state index < -0.39 is 0 Å². The summed E-state index contributed by atoms with van der Waals surface area (Å²) < 4.78 is 5.08. The van der Waals surface area contributed by atoms with Gasteiger partial charge in [-0.3, -0.25) is 14.4 Å². The van der Waals surface area contributed by atoms with Crippen LogP contribution >= 0.6 is 0 Å². The van der Waals surface area contributed by atoms with Crippen molar-refractivity contribution in [2.24, 2.45) is 0 Å². The normalized spacial score (nSPS) is 10.3. The summed E-state index contributed by atoms with van der Waals surface area (Å²) in [6, 6.07) is 10.3. The second-order valence-corrected chi connectivity index (χ2v) is 5.91. The van der Waals surface area contributed by atoms with Crippen LogP contribution in [0.25, 0.3) is 6.08 Å². The van der Waals surface area contributed by atoms with Gasteiger partial charge in [0.15, 0.2) is 0 Å². The Bertz CT molecular complexity index is 895. The first kappa shape index (κ1) is 20.5. The Balaban J connectivity index is 1.70. The maximum atomic E-state index is 12.1. The molecular formula is C21H21N3O4. The molecule has 0 atom stereocenters. The van der Waals surface area contributed by atoms with Crippen LogP contribution < -0.4 is 10.6 Å². The Morgan fingerprint density at radius 1 is 1.25 bits per heavy atom. The molecule has 2 N–H and O–H groups in total. The Morgan fingerprint density at radius 2 is 2.07 bits per heavy atom. The molecule has 1 aromatic carbocycles. The molecule has 0 spiro atoms. The van der Waals surface area contributed by atoms with E-state index in [1.807, 2.05) is 0 Å². The highest BCUT2D eigenvalue weighted by molar-refractivity contribution is 5.95. The summed E-state index contributed by atoms with van der Waals surface area (Å²) in [6.45, 7) is 0.0573. The number of benzene rings is 1. The molecule has 0 aliphatic carbocycles. The first-order chi connectivity index (χ1) is 13.5. The summed E-state index contributed by atoms with van der Waals surface area (Å²) in [5.41, 5.74) is 1.22. The van der Waals surface area contributed by atoms with Gasteiger partial charge >= 0.3 is 0 Å². The fourth-order valence-electron chi connectivity index (χ4n) is 2.28. The number of terminal acetylenes is 1. The van der Waals surface area contributed by atoms with E-state index in [1.165, 1.54) is 30.4 Å². The average molecular weight is 379 g/mol. The average Bonchev–Trinajstić information content (AvgIpc) is 3.20. The molecule has 0 bridgehead atoms. The van der Waals surface area contributed by atoms with Crippen LogP contribution in [0.15, 0.2) is 53.2 Å². The number of furan rings is 1. The molecule has 0 aliphatic rings. The van der Waals surface area contributed by atoms with Crippen LogP contribution in [-0.4, -0.2) is 42.8 Å². The Morgan fingerprint density at radius 3 is 2.79 bits per heavy atom. The molecule has 0 radical (unpaired) electrons. The number of likely N-dealkylation sites (N-methyl/N-ethyl adjacent to an activating group) is 1. The molecule has 144 valence electrons. The zero-order valence-electron chi connectivity index (χ0n) is 15.5. The fraction of sp³-hybridized carbons (Fsp3) is 0.190. The Kier molecular flexibility index (Phi) is 7.61. The maximum absolute atomic E-state index is 12.1. The second kappa shape index (κ2) is 10.4. The standard InChI is InChI=1S/C21H21N3O4/c1-3-16-6-4-7-17(14-16)23-20(26)15-24(2)21(27)11-12-22-19(25)10-9-18-8-5-13-28-18/h1,4-10,13-14H,11-12,15H2,2H3,(H,22,25)(H,23,26)/b10-9+. The molecule has 1 heterocycles. The van der Waals surface area contributed by atoms with E-state index in [-0.39, 0.29) is 37.2 Å². The van der Waals surface area contributed by atoms with Crippen LogP contribution in [0.4, 0.5) is 5.69 Å². The van der Waals surface area contributed by atoms with E-state index >= 15 is 0 Å². The van der Waals surface area contributed by atoms with E-state index in [1.54, 1.807) is 36.4 Å². The van der Waals surface area contributed by atoms with Gasteiger partial charge in [0.25, 0.3) is 0 Å². The van der Waals surface area contributed by atoms with Gasteiger partial charge in [-0.25, -0.2) is 0 Å². The number of nitrogens with one attached hydrogen (secondary N) is 2. The van der Waals surface area contributed by atoms with Gasteiger partial charge in [0, 0.05) is 37.3 Å². The Hall–Kier alpha value is -3.79. The van der Waals surface area contributed by atoms with Gasteiger partial charge in [0.1, 0.15) is 5.76 Å². The molecule has 2 aromatic rings. The number of hydrogen-bond donors (Lipinski definition) is 2. The zero-order valence-corrected chi connectivity index (χ0v) is 15.5. The van der Waals surface area contributed by atoms with Crippen molar-refractivity contribution in [3.05, 3.63) is 60.1 Å². The van der Waals surface area contributed by atoms with Crippen molar-refractivity contribution in [3.63, 3.8) is 0 Å². The zero-order chi connectivity index (χ0) is 20.4. The van der Waals surface area contributed by atoms with Crippen molar-refractivity contribution in [1.29, 1.82) is 0 Å². The summed E-state index contributed by atoms with van der Waals surface area (Å²) >= 11 is 0. The lowest BCUT2D eigenvalue weighted by molar-refractivity contribution is -0.133. The van der Waals surface area contributed by atoms with E-state index in [2.05, 4.69) is 16.6 Å². The van der Waals surface area contributed by atoms with Gasteiger partial charge in [0.05, 0.1) is 12.8 Å². The van der Waals surface area contributed by atoms with Crippen LogP contribution in [0.2, 0.25) is 0 Å². The van der Waals surface area contributed by atoms with E-state index in [0.717, 1.165) is 0 Å². The van der Waals surface area contributed by atoms with Crippen LogP contribution in [-0.2, 0) is 14.4 Å². The van der Waals surface area contributed by atoms with E-state index in [9.17, 15) is 14.4 Å². The lowest BCUT2D eigenvalue weighted by atomic mass is 10.2. The monoisotopic (exact) mass is 379 g/mol. The topological polar surface area (TPSA) is 91.7 Å². The van der Waals surface area contributed by atoms with Crippen molar-refractivity contribution in [3.8, 4) is 12.3 Å². The van der Waals surface area contributed by atoms with Crippen molar-refractivity contribution in [2.75, 3.05) is 25.5 Å². The minimum atomic E-state index is -0.338. The SMILES string of the molecule is C#Cc1cccc(NC(=O)CN(C)C(=O)CCNC(=O)/C=C/c2ccco2)c1. The summed E-state index contributed by atoms with van der Waals surface area (Å²) in [7, 11) is 1.53. The number of carbonyl (C=O) groups excluding carboxylic acids is 3. The highest BCUT2D eigenvalue weighted by atomic mass is 16.3. The fourth-order valence-corrected chi connectivity index (χ4v) is 2.28. The molecule has 0 saturated carbocycles. The van der Waals surface area contributed by atoms with Gasteiger partial charge in [-0.2, -0.15) is 0 Å². The lowest BCUT2D eigenvalue weighted by Gasteiger charge is -2.17. The van der Waals surface area contributed by atoms with Crippen molar-refractivity contribution < 1.29 is 18.8 Å². The minimum absolute atomic E-state index is 0.0801. The highest BCUT2D eigenvalue weighted by Crippen LogP contribution is 2.09. The van der Waals surface area contributed by atoms with E-state index in [4.69, 9.17) is 10.8 Å². The molecule has 0 unspecified atom stereocenters. The summed E-state index contributed by atoms with van der Waals surface area (Å²) in [5, 5.41) is 5.29. The quantitative estimate of drug-likeness (QED) is 0.541. The van der Waals surface area contributed by atoms with Gasteiger partial charge in [-0.15, -0.1) is 6.42 Å². The smallest absolute Gasteiger partial charge is 0.244 e. The van der Waals surface area contributed by atoms with Gasteiger partial charge in [0.2, 0.25) is 17.7 Å². The van der Waals surface area contributed by atoms with E-state index in [0.29, 0.717) is 17.0 Å². The molecular weight excluding hydrogens is 358 g/mol. The highest BCUT2D eigenvalue weighted by Gasteiger charge is 2.13. The molecule has 0 fully saturated rings. The molecule has 0 aliphatic heterocycles. The lowest BCUT2D eigenvalue weighted by Crippen LogP contribution is -2.36. The van der Waals surface area contributed by atoms with Crippen molar-refractivity contribution in [1.82, 2.24) is 10.2 Å². The predicted octanol–water partition coefficient (Wildman–Crippen LogP) is 1.88. The number of nitrogens with zero attached hydrogens (tertiary/aromatic N) is 1. The van der Waals surface area contributed by atoms with Crippen LogP contribution in [0.5, 0.6) is 0 Å². The number of carbonyl (C=O) groups is 3. The third kappa shape index (κ3) is 6.84. The van der Waals surface area contributed by atoms with Crippen molar-refractivity contribution in [2.45, 2.75) is 6.42 Å². The number of rotatable bonds is 8. The van der Waals surface area contributed by atoms with Gasteiger partial charge in [-0.1, -0.05) is 12.0 Å². The second-order valence-electron chi connectivity index (χ2n) is 5.91. The van der Waals surface area contributed by atoms with Gasteiger partial charge < -0.3 is 20.0 Å². The third-order valence-electron chi connectivity index (χ3n) is 3.70. The van der Waals surface area contributed by atoms with Gasteiger partial charge in [-0.05, 0) is 36.4 Å². The summed E-state index contributed by atoms with van der Waals surface area (Å²) in [6.07, 6.45) is 9.77. The number of hydrogen-bond acceptors (Lipinski definition) is 4. The molecule has 0 saturated heterocycles. The van der Waals surface area contributed by atoms with Crippen molar-refractivity contribution >= 4 is 29.5 Å². The predicted molar refractivity (Wildman–Crippen MR) is 106 cm³/mol. The first-order valence-electron chi connectivity index (χ1n) is 8.58. The molecule has 28 heavy (non-hydrogen) atoms. The summed E-state index contributed by atoms with van der Waals surface area (Å²) in [4.78, 5) is 37.1.